The molecule has 1 fully saturated rings. The van der Waals surface area contributed by atoms with E-state index in [-0.39, 0.29) is 5.56 Å². The smallest absolute Gasteiger partial charge is 0.265 e. The van der Waals surface area contributed by atoms with Crippen LogP contribution in [0, 0.1) is 11.8 Å². The Kier molecular flexibility index (Phi) is 3.40. The van der Waals surface area contributed by atoms with E-state index in [4.69, 9.17) is 0 Å². The highest BCUT2D eigenvalue weighted by atomic mass is 32.1. The molecule has 3 aromatic heterocycles. The zero-order chi connectivity index (χ0) is 15.1. The van der Waals surface area contributed by atoms with Crippen molar-refractivity contribution in [3.05, 3.63) is 15.4 Å². The summed E-state index contributed by atoms with van der Waals surface area (Å²) in [4.78, 5) is 17.2. The minimum Gasteiger partial charge on any atom is -0.265 e. The molecule has 0 aromatic carbocycles. The number of aromatic amines is 1. The summed E-state index contributed by atoms with van der Waals surface area (Å²) in [5, 5.41) is 15.4. The molecule has 0 amide bonds. The van der Waals surface area contributed by atoms with Gasteiger partial charge in [0.15, 0.2) is 5.52 Å². The Morgan fingerprint density at radius 2 is 2.14 bits per heavy atom. The Bertz CT molecular complexity index is 857. The number of hydrogen-bond donors (Lipinski definition) is 1. The molecule has 1 N–H and O–H groups in total. The van der Waals surface area contributed by atoms with Crippen LogP contribution in [0.4, 0.5) is 0 Å². The summed E-state index contributed by atoms with van der Waals surface area (Å²) in [6.07, 6.45) is 7.40. The van der Waals surface area contributed by atoms with E-state index < -0.39 is 0 Å². The molecule has 0 unspecified atom stereocenters. The number of nitrogens with one attached hydrogen (secondary N) is 1. The summed E-state index contributed by atoms with van der Waals surface area (Å²) in [6.45, 7) is 2.34. The molecule has 0 radical (unpaired) electrons. The molecule has 1 aliphatic carbocycles. The molecule has 3 aromatic rings. The highest BCUT2D eigenvalue weighted by molar-refractivity contribution is 7.16. The maximum Gasteiger partial charge on any atom is 0.302 e. The number of aryl methyl sites for hydroxylation is 1. The van der Waals surface area contributed by atoms with E-state index in [1.165, 1.54) is 41.5 Å². The van der Waals surface area contributed by atoms with Crippen LogP contribution in [0.3, 0.4) is 0 Å². The highest BCUT2D eigenvalue weighted by Gasteiger charge is 2.19. The molecule has 7 nitrogen and oxygen atoms in total. The highest BCUT2D eigenvalue weighted by Crippen LogP contribution is 2.31. The van der Waals surface area contributed by atoms with Gasteiger partial charge in [-0.3, -0.25) is 9.89 Å². The van der Waals surface area contributed by atoms with Crippen LogP contribution in [0.1, 0.15) is 44.0 Å². The summed E-state index contributed by atoms with van der Waals surface area (Å²) in [7, 11) is 0. The van der Waals surface area contributed by atoms with E-state index in [9.17, 15) is 4.79 Å². The summed E-state index contributed by atoms with van der Waals surface area (Å²) >= 11 is 1.48. The fourth-order valence-electron chi connectivity index (χ4n) is 3.21. The van der Waals surface area contributed by atoms with Gasteiger partial charge in [-0.15, -0.1) is 5.10 Å². The van der Waals surface area contributed by atoms with Gasteiger partial charge in [-0.25, -0.2) is 0 Å². The van der Waals surface area contributed by atoms with Gasteiger partial charge >= 0.3 is 5.56 Å². The SMILES string of the molecule is C[C@H]1CC[C@@H](CCc2nn3c(=O)c4[nH]nnc4nc3s2)CC1. The Morgan fingerprint density at radius 3 is 2.95 bits per heavy atom. The maximum atomic E-state index is 12.3. The molecule has 1 aliphatic rings. The number of rotatable bonds is 3. The van der Waals surface area contributed by atoms with Crippen LogP contribution in [0.25, 0.3) is 16.1 Å². The molecule has 3 heterocycles. The van der Waals surface area contributed by atoms with E-state index in [1.54, 1.807) is 0 Å². The molecular weight excluding hydrogens is 300 g/mol. The molecule has 0 bridgehead atoms. The van der Waals surface area contributed by atoms with Crippen molar-refractivity contribution in [2.45, 2.75) is 45.4 Å². The van der Waals surface area contributed by atoms with Crippen molar-refractivity contribution in [3.8, 4) is 0 Å². The van der Waals surface area contributed by atoms with Gasteiger partial charge in [0.25, 0.3) is 0 Å². The lowest BCUT2D eigenvalue weighted by Gasteiger charge is -2.25. The van der Waals surface area contributed by atoms with Crippen molar-refractivity contribution in [2.75, 3.05) is 0 Å². The van der Waals surface area contributed by atoms with Crippen LogP contribution in [0.5, 0.6) is 0 Å². The Morgan fingerprint density at radius 1 is 1.32 bits per heavy atom. The largest absolute Gasteiger partial charge is 0.302 e. The zero-order valence-corrected chi connectivity index (χ0v) is 13.3. The van der Waals surface area contributed by atoms with Gasteiger partial charge in [-0.2, -0.15) is 14.6 Å². The quantitative estimate of drug-likeness (QED) is 0.799. The van der Waals surface area contributed by atoms with E-state index in [1.807, 2.05) is 0 Å². The van der Waals surface area contributed by atoms with Gasteiger partial charge in [-0.1, -0.05) is 49.2 Å². The van der Waals surface area contributed by atoms with Crippen LogP contribution in [-0.4, -0.2) is 30.0 Å². The van der Waals surface area contributed by atoms with Crippen molar-refractivity contribution >= 4 is 27.5 Å². The predicted molar refractivity (Wildman–Crippen MR) is 84.0 cm³/mol. The lowest BCUT2D eigenvalue weighted by atomic mass is 9.81. The van der Waals surface area contributed by atoms with Gasteiger partial charge in [-0.05, 0) is 18.3 Å². The zero-order valence-electron chi connectivity index (χ0n) is 12.4. The fraction of sp³-hybridized carbons (Fsp3) is 0.643. The lowest BCUT2D eigenvalue weighted by Crippen LogP contribution is -2.16. The van der Waals surface area contributed by atoms with Gasteiger partial charge in [0.05, 0.1) is 0 Å². The first-order chi connectivity index (χ1) is 10.7. The van der Waals surface area contributed by atoms with Gasteiger partial charge in [0, 0.05) is 6.42 Å². The standard InChI is InChI=1S/C14H18N6OS/c1-8-2-4-9(5-3-8)6-7-10-18-20-13(21)11-12(17-19-16-11)15-14(20)22-10/h8-9H,2-7H2,1H3,(H,16,17,19)/t8-,9+. The predicted octanol–water partition coefficient (Wildman–Crippen LogP) is 2.18. The van der Waals surface area contributed by atoms with Gasteiger partial charge < -0.3 is 0 Å². The number of fused-ring (bicyclic) bond motifs is 2. The van der Waals surface area contributed by atoms with E-state index in [0.717, 1.165) is 29.7 Å². The average molecular weight is 318 g/mol. The first-order valence-electron chi connectivity index (χ1n) is 7.80. The van der Waals surface area contributed by atoms with Crippen molar-refractivity contribution in [1.29, 1.82) is 0 Å². The third-order valence-electron chi connectivity index (χ3n) is 4.64. The van der Waals surface area contributed by atoms with Crippen molar-refractivity contribution in [3.63, 3.8) is 0 Å². The molecule has 4 rings (SSSR count). The Labute approximate surface area is 130 Å². The summed E-state index contributed by atoms with van der Waals surface area (Å²) < 4.78 is 1.37. The van der Waals surface area contributed by atoms with Crippen molar-refractivity contribution < 1.29 is 0 Å². The third kappa shape index (κ3) is 2.41. The molecule has 0 saturated heterocycles. The Hall–Kier alpha value is -1.83. The molecular formula is C14H18N6OS. The topological polar surface area (TPSA) is 88.8 Å². The van der Waals surface area contributed by atoms with E-state index in [0.29, 0.717) is 16.1 Å². The minimum absolute atomic E-state index is 0.223. The molecule has 0 spiro atoms. The van der Waals surface area contributed by atoms with Crippen LogP contribution in [0.15, 0.2) is 4.79 Å². The molecule has 116 valence electrons. The second kappa shape index (κ2) is 5.42. The number of nitrogens with zero attached hydrogens (tertiary/aromatic N) is 5. The van der Waals surface area contributed by atoms with Crippen LogP contribution in [-0.2, 0) is 6.42 Å². The van der Waals surface area contributed by atoms with Crippen LogP contribution in [0.2, 0.25) is 0 Å². The van der Waals surface area contributed by atoms with Crippen molar-refractivity contribution in [1.82, 2.24) is 30.0 Å². The Balaban J connectivity index is 1.55. The summed E-state index contributed by atoms with van der Waals surface area (Å²) in [5.74, 6) is 1.68. The number of H-pyrrole nitrogens is 1. The molecule has 1 saturated carbocycles. The van der Waals surface area contributed by atoms with Gasteiger partial charge in [0.1, 0.15) is 5.01 Å². The fourth-order valence-corrected chi connectivity index (χ4v) is 4.11. The molecule has 22 heavy (non-hydrogen) atoms. The number of aromatic nitrogens is 6. The molecule has 0 atom stereocenters. The second-order valence-electron chi connectivity index (χ2n) is 6.28. The first-order valence-corrected chi connectivity index (χ1v) is 8.62. The minimum atomic E-state index is -0.223. The molecule has 0 aliphatic heterocycles. The number of hydrogen-bond acceptors (Lipinski definition) is 6. The average Bonchev–Trinajstić information content (AvgIpc) is 3.14. The van der Waals surface area contributed by atoms with Crippen molar-refractivity contribution in [2.24, 2.45) is 11.8 Å². The first kappa shape index (κ1) is 13.8. The maximum absolute atomic E-state index is 12.3. The van der Waals surface area contributed by atoms with E-state index >= 15 is 0 Å². The van der Waals surface area contributed by atoms with Gasteiger partial charge in [0.2, 0.25) is 10.6 Å². The molecule has 8 heteroatoms. The van der Waals surface area contributed by atoms with E-state index in [2.05, 4.69) is 32.4 Å². The lowest BCUT2D eigenvalue weighted by molar-refractivity contribution is 0.277. The third-order valence-corrected chi connectivity index (χ3v) is 5.61. The normalized spacial score (nSPS) is 22.6. The second-order valence-corrected chi connectivity index (χ2v) is 7.32. The van der Waals surface area contributed by atoms with Crippen LogP contribution >= 0.6 is 11.3 Å². The monoisotopic (exact) mass is 318 g/mol. The summed E-state index contributed by atoms with van der Waals surface area (Å²) in [6, 6.07) is 0. The summed E-state index contributed by atoms with van der Waals surface area (Å²) in [5.41, 5.74) is 0.455. The van der Waals surface area contributed by atoms with Crippen LogP contribution < -0.4 is 5.56 Å².